The third-order valence-corrected chi connectivity index (χ3v) is 4.95. The topological polar surface area (TPSA) is 84.5 Å². The zero-order chi connectivity index (χ0) is 16.9. The number of nitrogens with zero attached hydrogens (tertiary/aromatic N) is 1. The van der Waals surface area contributed by atoms with Gasteiger partial charge in [0.25, 0.3) is 0 Å². The van der Waals surface area contributed by atoms with E-state index in [-0.39, 0.29) is 18.3 Å². The molecule has 23 heavy (non-hydrogen) atoms. The normalized spacial score (nSPS) is 12.2. The average Bonchev–Trinajstić information content (AvgIpc) is 2.46. The molecule has 0 aliphatic heterocycles. The number of hydrogen-bond donors (Lipinski definition) is 2. The molecule has 2 aromatic carbocycles. The number of rotatable bonds is 5. The van der Waals surface area contributed by atoms with Gasteiger partial charge in [0.1, 0.15) is 0 Å². The molecule has 0 unspecified atom stereocenters. The van der Waals surface area contributed by atoms with Gasteiger partial charge in [-0.1, -0.05) is 24.3 Å². The summed E-state index contributed by atoms with van der Waals surface area (Å²) in [5.74, 6) is 0.130. The Bertz CT molecular complexity index is 780. The maximum atomic E-state index is 12.1. The van der Waals surface area contributed by atoms with Gasteiger partial charge >= 0.3 is 0 Å². The van der Waals surface area contributed by atoms with E-state index < -0.39 is 9.84 Å². The number of anilines is 1. The van der Waals surface area contributed by atoms with Crippen molar-refractivity contribution in [1.29, 1.82) is 0 Å². The fourth-order valence-electron chi connectivity index (χ4n) is 2.27. The van der Waals surface area contributed by atoms with Crippen molar-refractivity contribution >= 4 is 21.5 Å². The summed E-state index contributed by atoms with van der Waals surface area (Å²) in [6.45, 7) is 4.11. The molecule has 0 bridgehead atoms. The Labute approximate surface area is 137 Å². The first-order valence-corrected chi connectivity index (χ1v) is 8.95. The minimum absolute atomic E-state index is 0.0771. The van der Waals surface area contributed by atoms with Crippen molar-refractivity contribution < 1.29 is 8.42 Å². The van der Waals surface area contributed by atoms with Crippen LogP contribution in [0.3, 0.4) is 0 Å². The van der Waals surface area contributed by atoms with Crippen LogP contribution in [0.15, 0.2) is 58.4 Å². The summed E-state index contributed by atoms with van der Waals surface area (Å²) in [5.41, 5.74) is 8.90. The minimum Gasteiger partial charge on any atom is -0.370 e. The second-order valence-corrected chi connectivity index (χ2v) is 7.51. The molecule has 0 saturated carbocycles. The molecule has 2 aromatic rings. The monoisotopic (exact) mass is 331 g/mol. The first-order chi connectivity index (χ1) is 10.9. The van der Waals surface area contributed by atoms with E-state index in [9.17, 15) is 8.42 Å². The fourth-order valence-corrected chi connectivity index (χ4v) is 3.41. The smallest absolute Gasteiger partial charge is 0.193 e. The lowest BCUT2D eigenvalue weighted by Crippen LogP contribution is -2.24. The van der Waals surface area contributed by atoms with Crippen LogP contribution in [0.1, 0.15) is 11.1 Å². The Morgan fingerprint density at radius 3 is 2.30 bits per heavy atom. The van der Waals surface area contributed by atoms with Gasteiger partial charge in [-0.05, 0) is 49.2 Å². The molecule has 0 radical (unpaired) electrons. The largest absolute Gasteiger partial charge is 0.370 e. The molecule has 5 nitrogen and oxygen atoms in total. The van der Waals surface area contributed by atoms with E-state index >= 15 is 0 Å². The molecule has 3 N–H and O–H groups in total. The summed E-state index contributed by atoms with van der Waals surface area (Å²) in [5, 5.41) is 2.98. The molecule has 0 aromatic heterocycles. The fraction of sp³-hybridized carbons (Fsp3) is 0.235. The summed E-state index contributed by atoms with van der Waals surface area (Å²) in [4.78, 5) is 4.40. The maximum absolute atomic E-state index is 12.1. The molecular weight excluding hydrogens is 310 g/mol. The zero-order valence-electron chi connectivity index (χ0n) is 13.3. The van der Waals surface area contributed by atoms with Crippen LogP contribution in [0.5, 0.6) is 0 Å². The summed E-state index contributed by atoms with van der Waals surface area (Å²) >= 11 is 0. The van der Waals surface area contributed by atoms with Gasteiger partial charge in [0, 0.05) is 5.69 Å². The van der Waals surface area contributed by atoms with Crippen molar-refractivity contribution in [2.45, 2.75) is 18.7 Å². The van der Waals surface area contributed by atoms with Gasteiger partial charge in [0.05, 0.1) is 17.2 Å². The number of nitrogens with two attached hydrogens (primary N) is 1. The third kappa shape index (κ3) is 5.10. The number of sulfone groups is 1. The molecular formula is C17H21N3O2S. The van der Waals surface area contributed by atoms with E-state index in [1.165, 1.54) is 0 Å². The molecule has 0 spiro atoms. The molecule has 0 atom stereocenters. The predicted molar refractivity (Wildman–Crippen MR) is 94.5 cm³/mol. The second-order valence-electron chi connectivity index (χ2n) is 5.40. The molecule has 0 aliphatic rings. The van der Waals surface area contributed by atoms with Crippen LogP contribution in [-0.4, -0.2) is 26.7 Å². The third-order valence-electron chi connectivity index (χ3n) is 3.24. The van der Waals surface area contributed by atoms with E-state index in [0.29, 0.717) is 4.90 Å². The molecule has 6 heteroatoms. The standard InChI is InChI=1S/C17H21N3O2S/c1-13-10-14(2)12-15(11-13)20-17(18)19-8-9-23(21,22)16-6-4-3-5-7-16/h3-7,10-12H,8-9H2,1-2H3,(H3,18,19,20). The highest BCUT2D eigenvalue weighted by Crippen LogP contribution is 2.13. The molecule has 0 amide bonds. The van der Waals surface area contributed by atoms with Crippen molar-refractivity contribution in [3.63, 3.8) is 0 Å². The summed E-state index contributed by atoms with van der Waals surface area (Å²) in [6, 6.07) is 14.3. The number of aliphatic imine (C=N–C) groups is 1. The molecule has 0 fully saturated rings. The van der Waals surface area contributed by atoms with Crippen molar-refractivity contribution in [3.05, 3.63) is 59.7 Å². The van der Waals surface area contributed by atoms with Gasteiger partial charge in [-0.3, -0.25) is 4.99 Å². The Morgan fingerprint density at radius 2 is 1.70 bits per heavy atom. The van der Waals surface area contributed by atoms with E-state index in [1.54, 1.807) is 30.3 Å². The highest BCUT2D eigenvalue weighted by Gasteiger charge is 2.12. The molecule has 0 aliphatic carbocycles. The number of benzene rings is 2. The quantitative estimate of drug-likeness (QED) is 0.651. The average molecular weight is 331 g/mol. The van der Waals surface area contributed by atoms with Crippen LogP contribution in [0.2, 0.25) is 0 Å². The second kappa shape index (κ2) is 7.28. The highest BCUT2D eigenvalue weighted by molar-refractivity contribution is 7.91. The first kappa shape index (κ1) is 17.0. The van der Waals surface area contributed by atoms with Crippen molar-refractivity contribution in [2.75, 3.05) is 17.6 Å². The van der Waals surface area contributed by atoms with Crippen LogP contribution in [0, 0.1) is 13.8 Å². The first-order valence-electron chi connectivity index (χ1n) is 7.30. The Morgan fingerprint density at radius 1 is 1.09 bits per heavy atom. The van der Waals surface area contributed by atoms with Gasteiger partial charge in [-0.2, -0.15) is 0 Å². The summed E-state index contributed by atoms with van der Waals surface area (Å²) in [7, 11) is -3.33. The number of aryl methyl sites for hydroxylation is 2. The maximum Gasteiger partial charge on any atom is 0.193 e. The van der Waals surface area contributed by atoms with Crippen LogP contribution in [0.25, 0.3) is 0 Å². The van der Waals surface area contributed by atoms with E-state index in [2.05, 4.69) is 16.4 Å². The summed E-state index contributed by atoms with van der Waals surface area (Å²) in [6.07, 6.45) is 0. The van der Waals surface area contributed by atoms with Gasteiger partial charge in [0.15, 0.2) is 15.8 Å². The minimum atomic E-state index is -3.33. The molecule has 0 heterocycles. The number of hydrogen-bond acceptors (Lipinski definition) is 3. The van der Waals surface area contributed by atoms with Gasteiger partial charge in [-0.25, -0.2) is 8.42 Å². The van der Waals surface area contributed by atoms with Crippen molar-refractivity contribution in [1.82, 2.24) is 0 Å². The Kier molecular flexibility index (Phi) is 5.39. The Hall–Kier alpha value is -2.34. The SMILES string of the molecule is Cc1cc(C)cc(NC(N)=NCCS(=O)(=O)c2ccccc2)c1. The van der Waals surface area contributed by atoms with Crippen LogP contribution in [-0.2, 0) is 9.84 Å². The molecule has 122 valence electrons. The van der Waals surface area contributed by atoms with Gasteiger partial charge < -0.3 is 11.1 Å². The number of nitrogens with one attached hydrogen (secondary N) is 1. The Balaban J connectivity index is 1.97. The lowest BCUT2D eigenvalue weighted by molar-refractivity contribution is 0.596. The summed E-state index contributed by atoms with van der Waals surface area (Å²) < 4.78 is 24.3. The van der Waals surface area contributed by atoms with Crippen LogP contribution < -0.4 is 11.1 Å². The van der Waals surface area contributed by atoms with Crippen LogP contribution >= 0.6 is 0 Å². The lowest BCUT2D eigenvalue weighted by atomic mass is 10.1. The van der Waals surface area contributed by atoms with E-state index in [0.717, 1.165) is 16.8 Å². The van der Waals surface area contributed by atoms with Crippen LogP contribution in [0.4, 0.5) is 5.69 Å². The highest BCUT2D eigenvalue weighted by atomic mass is 32.2. The van der Waals surface area contributed by atoms with E-state index in [1.807, 2.05) is 26.0 Å². The zero-order valence-corrected chi connectivity index (χ0v) is 14.1. The molecule has 2 rings (SSSR count). The predicted octanol–water partition coefficient (Wildman–Crippen LogP) is 2.50. The van der Waals surface area contributed by atoms with Crippen molar-refractivity contribution in [2.24, 2.45) is 10.7 Å². The van der Waals surface area contributed by atoms with Gasteiger partial charge in [0.2, 0.25) is 0 Å². The lowest BCUT2D eigenvalue weighted by Gasteiger charge is -2.08. The number of guanidine groups is 1. The van der Waals surface area contributed by atoms with Crippen molar-refractivity contribution in [3.8, 4) is 0 Å². The van der Waals surface area contributed by atoms with E-state index in [4.69, 9.17) is 5.73 Å². The molecule has 0 saturated heterocycles. The van der Waals surface area contributed by atoms with Gasteiger partial charge in [-0.15, -0.1) is 0 Å².